The second-order valence-corrected chi connectivity index (χ2v) is 5.95. The fraction of sp³-hybridized carbons (Fsp3) is 0.125. The minimum absolute atomic E-state index is 0.0116. The first kappa shape index (κ1) is 15.5. The molecule has 0 fully saturated rings. The van der Waals surface area contributed by atoms with Gasteiger partial charge in [0.2, 0.25) is 0 Å². The monoisotopic (exact) mass is 310 g/mol. The molecule has 0 bridgehead atoms. The number of alkyl halides is 3. The average Bonchev–Trinajstić information content (AvgIpc) is 2.47. The zero-order valence-corrected chi connectivity index (χ0v) is 11.9. The van der Waals surface area contributed by atoms with Crippen LogP contribution in [0.1, 0.15) is 16.7 Å². The maximum atomic E-state index is 12.6. The second-order valence-electron chi connectivity index (χ2n) is 4.48. The summed E-state index contributed by atoms with van der Waals surface area (Å²) in [6, 6.07) is 13.8. The van der Waals surface area contributed by atoms with Gasteiger partial charge in [-0.25, -0.2) is 0 Å². The first-order chi connectivity index (χ1) is 9.88. The lowest BCUT2D eigenvalue weighted by molar-refractivity contribution is -0.137. The Hall–Kier alpha value is -1.88. The molecule has 0 amide bonds. The molecule has 0 unspecified atom stereocenters. The van der Waals surface area contributed by atoms with E-state index in [2.05, 4.69) is 6.58 Å². The summed E-state index contributed by atoms with van der Waals surface area (Å²) in [5, 5.41) is 0. The summed E-state index contributed by atoms with van der Waals surface area (Å²) in [5.41, 5.74) is 0.366. The molecular formula is C16H13F3OS. The first-order valence-electron chi connectivity index (χ1n) is 6.17. The van der Waals surface area contributed by atoms with Crippen LogP contribution in [-0.2, 0) is 22.7 Å². The molecule has 0 N–H and O–H groups in total. The van der Waals surface area contributed by atoms with Gasteiger partial charge < -0.3 is 0 Å². The van der Waals surface area contributed by atoms with Crippen LogP contribution in [-0.4, -0.2) is 4.21 Å². The van der Waals surface area contributed by atoms with Gasteiger partial charge in [-0.15, -0.1) is 0 Å². The van der Waals surface area contributed by atoms with E-state index in [9.17, 15) is 17.4 Å². The highest BCUT2D eigenvalue weighted by Crippen LogP contribution is 2.30. The van der Waals surface area contributed by atoms with Crippen molar-refractivity contribution in [3.63, 3.8) is 0 Å². The fourth-order valence-electron chi connectivity index (χ4n) is 1.83. The van der Waals surface area contributed by atoms with Gasteiger partial charge >= 0.3 is 6.18 Å². The van der Waals surface area contributed by atoms with E-state index in [0.29, 0.717) is 10.5 Å². The number of rotatable bonds is 4. The summed E-state index contributed by atoms with van der Waals surface area (Å²) in [6.45, 7) is 3.77. The van der Waals surface area contributed by atoms with Gasteiger partial charge in [-0.1, -0.05) is 55.1 Å². The Morgan fingerprint density at radius 1 is 1.05 bits per heavy atom. The zero-order chi connectivity index (χ0) is 15.5. The van der Waals surface area contributed by atoms with Crippen LogP contribution in [0.15, 0.2) is 61.2 Å². The van der Waals surface area contributed by atoms with Crippen LogP contribution in [0.4, 0.5) is 13.2 Å². The molecule has 0 saturated heterocycles. The highest BCUT2D eigenvalue weighted by molar-refractivity contribution is 7.93. The summed E-state index contributed by atoms with van der Waals surface area (Å²) in [5.74, 6) is 0.0116. The van der Waals surface area contributed by atoms with Gasteiger partial charge in [-0.3, -0.25) is 4.21 Å². The van der Waals surface area contributed by atoms with E-state index in [-0.39, 0.29) is 5.75 Å². The molecule has 2 aromatic carbocycles. The quantitative estimate of drug-likeness (QED) is 0.805. The molecule has 2 aromatic rings. The van der Waals surface area contributed by atoms with Crippen molar-refractivity contribution in [3.05, 3.63) is 77.9 Å². The highest BCUT2D eigenvalue weighted by atomic mass is 32.2. The van der Waals surface area contributed by atoms with Crippen LogP contribution in [0, 0.1) is 0 Å². The smallest absolute Gasteiger partial charge is 0.254 e. The Bertz CT molecular complexity index is 663. The van der Waals surface area contributed by atoms with E-state index >= 15 is 0 Å². The Balaban J connectivity index is 2.15. The van der Waals surface area contributed by atoms with Gasteiger partial charge in [-0.2, -0.15) is 13.2 Å². The summed E-state index contributed by atoms with van der Waals surface area (Å²) in [4.78, 5) is 0.410. The molecule has 0 saturated carbocycles. The van der Waals surface area contributed by atoms with Crippen molar-refractivity contribution in [2.45, 2.75) is 11.9 Å². The molecule has 110 valence electrons. The minimum Gasteiger partial charge on any atom is -0.254 e. The Labute approximate surface area is 123 Å². The number of halogens is 3. The summed E-state index contributed by atoms with van der Waals surface area (Å²) in [6.07, 6.45) is -4.39. The largest absolute Gasteiger partial charge is 0.416 e. The van der Waals surface area contributed by atoms with Crippen LogP contribution in [0.25, 0.3) is 4.91 Å². The second kappa shape index (κ2) is 6.26. The molecule has 5 heteroatoms. The average molecular weight is 310 g/mol. The standard InChI is InChI=1S/C16H13F3OS/c1-12(14-7-3-2-4-8-14)21(20)11-13-6-5-9-15(10-13)16(17,18)19/h2-10H,1,11H2/t21-/m0/s1. The van der Waals surface area contributed by atoms with Gasteiger partial charge in [0.25, 0.3) is 0 Å². The predicted molar refractivity (Wildman–Crippen MR) is 78.8 cm³/mol. The maximum Gasteiger partial charge on any atom is 0.416 e. The molecule has 21 heavy (non-hydrogen) atoms. The predicted octanol–water partition coefficient (Wildman–Crippen LogP) is 4.63. The van der Waals surface area contributed by atoms with Crippen LogP contribution in [0.5, 0.6) is 0 Å². The molecule has 0 radical (unpaired) electrons. The summed E-state index contributed by atoms with van der Waals surface area (Å²) in [7, 11) is -1.46. The zero-order valence-electron chi connectivity index (χ0n) is 11.1. The summed E-state index contributed by atoms with van der Waals surface area (Å²) < 4.78 is 50.1. The Kier molecular flexibility index (Phi) is 4.63. The molecular weight excluding hydrogens is 297 g/mol. The molecule has 0 aliphatic heterocycles. The van der Waals surface area contributed by atoms with E-state index in [1.165, 1.54) is 12.1 Å². The Morgan fingerprint density at radius 3 is 2.33 bits per heavy atom. The number of benzene rings is 2. The maximum absolute atomic E-state index is 12.6. The van der Waals surface area contributed by atoms with Crippen molar-refractivity contribution in [2.75, 3.05) is 0 Å². The van der Waals surface area contributed by atoms with Crippen LogP contribution in [0.2, 0.25) is 0 Å². The van der Waals surface area contributed by atoms with Crippen LogP contribution in [0.3, 0.4) is 0 Å². The lowest BCUT2D eigenvalue weighted by Crippen LogP contribution is -2.06. The third kappa shape index (κ3) is 4.04. The van der Waals surface area contributed by atoms with Crippen molar-refractivity contribution in [1.29, 1.82) is 0 Å². The van der Waals surface area contributed by atoms with E-state index < -0.39 is 22.5 Å². The lowest BCUT2D eigenvalue weighted by Gasteiger charge is -2.10. The first-order valence-corrected chi connectivity index (χ1v) is 7.48. The van der Waals surface area contributed by atoms with Crippen molar-refractivity contribution in [2.24, 2.45) is 0 Å². The van der Waals surface area contributed by atoms with Gasteiger partial charge in [0.1, 0.15) is 0 Å². The van der Waals surface area contributed by atoms with Gasteiger partial charge in [0.05, 0.1) is 22.1 Å². The van der Waals surface area contributed by atoms with Crippen LogP contribution < -0.4 is 0 Å². The Morgan fingerprint density at radius 2 is 1.71 bits per heavy atom. The third-order valence-corrected chi connectivity index (χ3v) is 4.30. The van der Waals surface area contributed by atoms with Gasteiger partial charge in [-0.05, 0) is 17.2 Å². The van der Waals surface area contributed by atoms with E-state index in [1.54, 1.807) is 24.3 Å². The fourth-order valence-corrected chi connectivity index (χ4v) is 2.89. The van der Waals surface area contributed by atoms with Crippen molar-refractivity contribution in [1.82, 2.24) is 0 Å². The molecule has 1 atom stereocenters. The molecule has 0 aliphatic carbocycles. The van der Waals surface area contributed by atoms with Crippen molar-refractivity contribution >= 4 is 15.7 Å². The molecule has 0 heterocycles. The third-order valence-electron chi connectivity index (χ3n) is 2.92. The molecule has 1 nitrogen and oxygen atoms in total. The highest BCUT2D eigenvalue weighted by Gasteiger charge is 2.30. The normalized spacial score (nSPS) is 12.9. The van der Waals surface area contributed by atoms with E-state index in [4.69, 9.17) is 0 Å². The lowest BCUT2D eigenvalue weighted by atomic mass is 10.1. The SMILES string of the molecule is C=C(c1ccccc1)[S@@](=O)Cc1cccc(C(F)(F)F)c1. The number of hydrogen-bond donors (Lipinski definition) is 0. The molecule has 0 aromatic heterocycles. The molecule has 2 rings (SSSR count). The van der Waals surface area contributed by atoms with Gasteiger partial charge in [0.15, 0.2) is 0 Å². The van der Waals surface area contributed by atoms with Gasteiger partial charge in [0, 0.05) is 4.91 Å². The molecule has 0 aliphatic rings. The molecule has 0 spiro atoms. The summed E-state index contributed by atoms with van der Waals surface area (Å²) >= 11 is 0. The van der Waals surface area contributed by atoms with Crippen molar-refractivity contribution < 1.29 is 17.4 Å². The number of hydrogen-bond acceptors (Lipinski definition) is 1. The van der Waals surface area contributed by atoms with Crippen molar-refractivity contribution in [3.8, 4) is 0 Å². The van der Waals surface area contributed by atoms with E-state index in [1.807, 2.05) is 6.07 Å². The topological polar surface area (TPSA) is 17.1 Å². The van der Waals surface area contributed by atoms with E-state index in [0.717, 1.165) is 17.7 Å². The van der Waals surface area contributed by atoms with Crippen LogP contribution >= 0.6 is 0 Å². The minimum atomic E-state index is -4.39.